The van der Waals surface area contributed by atoms with E-state index in [1.807, 2.05) is 24.3 Å². The van der Waals surface area contributed by atoms with E-state index in [2.05, 4.69) is 10.3 Å². The summed E-state index contributed by atoms with van der Waals surface area (Å²) in [6.45, 7) is -0.285. The Hall–Kier alpha value is -3.01. The van der Waals surface area contributed by atoms with Crippen LogP contribution in [0.4, 0.5) is 5.69 Å². The fourth-order valence-corrected chi connectivity index (χ4v) is 5.07. The Morgan fingerprint density at radius 2 is 1.86 bits per heavy atom. The number of fused-ring (bicyclic) bond motifs is 1. The molecule has 0 spiro atoms. The minimum atomic E-state index is -3.67. The predicted molar refractivity (Wildman–Crippen MR) is 112 cm³/mol. The van der Waals surface area contributed by atoms with Gasteiger partial charge in [-0.05, 0) is 47.8 Å². The molecule has 1 N–H and O–H groups in total. The van der Waals surface area contributed by atoms with E-state index < -0.39 is 15.9 Å². The Labute approximate surface area is 171 Å². The summed E-state index contributed by atoms with van der Waals surface area (Å²) in [5.74, 6) is 0.0631. The Morgan fingerprint density at radius 1 is 1.10 bits per heavy atom. The first-order valence-electron chi connectivity index (χ1n) is 8.69. The molecule has 1 amide bonds. The summed E-state index contributed by atoms with van der Waals surface area (Å²) >= 11 is 1.11. The molecule has 9 heteroatoms. The number of para-hydroxylation sites is 2. The van der Waals surface area contributed by atoms with Crippen molar-refractivity contribution in [3.63, 3.8) is 0 Å². The number of hydrogen-bond acceptors (Lipinski definition) is 6. The first-order valence-corrected chi connectivity index (χ1v) is 11.0. The van der Waals surface area contributed by atoms with Crippen LogP contribution in [0.2, 0.25) is 0 Å². The molecule has 0 radical (unpaired) electrons. The summed E-state index contributed by atoms with van der Waals surface area (Å²) in [4.78, 5) is 16.7. The average molecular weight is 428 g/mol. The number of likely N-dealkylation sites (N-methyl/N-ethyl adjacent to an activating group) is 1. The van der Waals surface area contributed by atoms with Crippen molar-refractivity contribution in [3.05, 3.63) is 66.0 Å². The van der Waals surface area contributed by atoms with Crippen molar-refractivity contribution >= 4 is 44.1 Å². The number of oxazole rings is 1. The van der Waals surface area contributed by atoms with Crippen LogP contribution in [0.3, 0.4) is 0 Å². The highest BCUT2D eigenvalue weighted by Crippen LogP contribution is 2.25. The van der Waals surface area contributed by atoms with Crippen LogP contribution in [-0.4, -0.2) is 37.2 Å². The smallest absolute Gasteiger partial charge is 0.252 e. The second-order valence-corrected chi connectivity index (χ2v) is 9.52. The van der Waals surface area contributed by atoms with E-state index in [1.165, 1.54) is 13.1 Å². The van der Waals surface area contributed by atoms with Gasteiger partial charge in [0.05, 0.1) is 6.54 Å². The zero-order valence-corrected chi connectivity index (χ0v) is 17.0. The van der Waals surface area contributed by atoms with Gasteiger partial charge < -0.3 is 9.73 Å². The average Bonchev–Trinajstić information content (AvgIpc) is 3.38. The van der Waals surface area contributed by atoms with Gasteiger partial charge in [0.25, 0.3) is 10.0 Å². The number of aromatic nitrogens is 1. The summed E-state index contributed by atoms with van der Waals surface area (Å²) in [5, 5.41) is 4.38. The van der Waals surface area contributed by atoms with E-state index in [4.69, 9.17) is 4.42 Å². The van der Waals surface area contributed by atoms with Crippen molar-refractivity contribution in [3.8, 4) is 11.5 Å². The number of anilines is 1. The van der Waals surface area contributed by atoms with Gasteiger partial charge in [-0.2, -0.15) is 4.31 Å². The molecular weight excluding hydrogens is 410 g/mol. The van der Waals surface area contributed by atoms with E-state index in [0.29, 0.717) is 17.2 Å². The molecule has 4 aromatic rings. The second-order valence-electron chi connectivity index (χ2n) is 6.31. The van der Waals surface area contributed by atoms with Gasteiger partial charge in [0, 0.05) is 18.3 Å². The quantitative estimate of drug-likeness (QED) is 0.505. The maximum absolute atomic E-state index is 12.4. The van der Waals surface area contributed by atoms with Gasteiger partial charge in [0.15, 0.2) is 5.58 Å². The molecule has 4 rings (SSSR count). The molecule has 0 atom stereocenters. The number of carbonyl (C=O) groups is 1. The number of amides is 1. The minimum absolute atomic E-state index is 0.204. The first kappa shape index (κ1) is 19.3. The molecule has 0 aliphatic heterocycles. The zero-order valence-electron chi connectivity index (χ0n) is 15.4. The molecule has 2 heterocycles. The van der Waals surface area contributed by atoms with Crippen molar-refractivity contribution in [1.82, 2.24) is 9.29 Å². The van der Waals surface area contributed by atoms with Gasteiger partial charge in [-0.1, -0.05) is 18.2 Å². The lowest BCUT2D eigenvalue weighted by molar-refractivity contribution is -0.116. The third kappa shape index (κ3) is 4.07. The van der Waals surface area contributed by atoms with Crippen LogP contribution in [0.25, 0.3) is 22.6 Å². The fraction of sp³-hybridized carbons (Fsp3) is 0.100. The zero-order chi connectivity index (χ0) is 20.4. The summed E-state index contributed by atoms with van der Waals surface area (Å²) < 4.78 is 31.8. The molecule has 0 saturated carbocycles. The van der Waals surface area contributed by atoms with Crippen molar-refractivity contribution in [2.24, 2.45) is 0 Å². The van der Waals surface area contributed by atoms with Gasteiger partial charge in [-0.25, -0.2) is 13.4 Å². The van der Waals surface area contributed by atoms with Crippen LogP contribution in [-0.2, 0) is 14.8 Å². The van der Waals surface area contributed by atoms with Crippen molar-refractivity contribution < 1.29 is 17.6 Å². The number of sulfonamides is 1. The Kier molecular flexibility index (Phi) is 5.18. The number of nitrogens with one attached hydrogen (secondary N) is 1. The third-order valence-electron chi connectivity index (χ3n) is 4.24. The first-order chi connectivity index (χ1) is 13.9. The SMILES string of the molecule is CN(CC(=O)Nc1ccc(-c2nc3ccccc3o2)cc1)S(=O)(=O)c1cccs1. The lowest BCUT2D eigenvalue weighted by Gasteiger charge is -2.15. The molecule has 148 valence electrons. The fourth-order valence-electron chi connectivity index (χ4n) is 2.74. The van der Waals surface area contributed by atoms with Crippen LogP contribution in [0.15, 0.2) is 74.7 Å². The highest BCUT2D eigenvalue weighted by molar-refractivity contribution is 7.91. The lowest BCUT2D eigenvalue weighted by Crippen LogP contribution is -2.34. The number of thiophene rings is 1. The van der Waals surface area contributed by atoms with Crippen LogP contribution in [0.1, 0.15) is 0 Å². The van der Waals surface area contributed by atoms with Crippen molar-refractivity contribution in [1.29, 1.82) is 0 Å². The molecule has 7 nitrogen and oxygen atoms in total. The van der Waals surface area contributed by atoms with E-state index in [9.17, 15) is 13.2 Å². The molecule has 0 unspecified atom stereocenters. The molecule has 29 heavy (non-hydrogen) atoms. The molecule has 0 bridgehead atoms. The number of carbonyl (C=O) groups excluding carboxylic acids is 1. The highest BCUT2D eigenvalue weighted by atomic mass is 32.2. The maximum Gasteiger partial charge on any atom is 0.252 e. The van der Waals surface area contributed by atoms with Crippen molar-refractivity contribution in [2.75, 3.05) is 18.9 Å². The number of rotatable bonds is 6. The van der Waals surface area contributed by atoms with Crippen LogP contribution >= 0.6 is 11.3 Å². The van der Waals surface area contributed by atoms with E-state index in [0.717, 1.165) is 26.7 Å². The van der Waals surface area contributed by atoms with Gasteiger partial charge in [0.1, 0.15) is 9.73 Å². The predicted octanol–water partition coefficient (Wildman–Crippen LogP) is 3.82. The standard InChI is InChI=1S/C20H17N3O4S2/c1-23(29(25,26)19-7-4-12-28-19)13-18(24)21-15-10-8-14(9-11-15)20-22-16-5-2-3-6-17(16)27-20/h2-12H,13H2,1H3,(H,21,24). The van der Waals surface area contributed by atoms with Gasteiger partial charge in [-0.15, -0.1) is 11.3 Å². The Bertz CT molecular complexity index is 1210. The van der Waals surface area contributed by atoms with Gasteiger partial charge in [0.2, 0.25) is 11.8 Å². The molecule has 2 aromatic carbocycles. The van der Waals surface area contributed by atoms with Crippen LogP contribution < -0.4 is 5.32 Å². The largest absolute Gasteiger partial charge is 0.436 e. The molecule has 0 aliphatic rings. The molecule has 0 saturated heterocycles. The normalized spacial score (nSPS) is 11.8. The van der Waals surface area contributed by atoms with Crippen LogP contribution in [0, 0.1) is 0 Å². The Morgan fingerprint density at radius 3 is 2.55 bits per heavy atom. The maximum atomic E-state index is 12.4. The van der Waals surface area contributed by atoms with Gasteiger partial charge in [-0.3, -0.25) is 4.79 Å². The minimum Gasteiger partial charge on any atom is -0.436 e. The van der Waals surface area contributed by atoms with Crippen LogP contribution in [0.5, 0.6) is 0 Å². The van der Waals surface area contributed by atoms with E-state index >= 15 is 0 Å². The highest BCUT2D eigenvalue weighted by Gasteiger charge is 2.23. The molecule has 2 aromatic heterocycles. The topological polar surface area (TPSA) is 92.5 Å². The number of hydrogen-bond donors (Lipinski definition) is 1. The summed E-state index contributed by atoms with van der Waals surface area (Å²) in [7, 11) is -2.29. The van der Waals surface area contributed by atoms with Gasteiger partial charge >= 0.3 is 0 Å². The third-order valence-corrected chi connectivity index (χ3v) is 7.41. The monoisotopic (exact) mass is 427 g/mol. The van der Waals surface area contributed by atoms with Crippen molar-refractivity contribution in [2.45, 2.75) is 4.21 Å². The second kappa shape index (κ2) is 7.78. The Balaban J connectivity index is 1.42. The summed E-state index contributed by atoms with van der Waals surface area (Å²) in [6.07, 6.45) is 0. The molecule has 0 aliphatic carbocycles. The molecule has 0 fully saturated rings. The lowest BCUT2D eigenvalue weighted by atomic mass is 10.2. The number of benzene rings is 2. The molecular formula is C20H17N3O4S2. The summed E-state index contributed by atoms with van der Waals surface area (Å²) in [6, 6.07) is 17.7. The van der Waals surface area contributed by atoms with E-state index in [1.54, 1.807) is 35.7 Å². The number of nitrogens with zero attached hydrogens (tertiary/aromatic N) is 2. The van der Waals surface area contributed by atoms with E-state index in [-0.39, 0.29) is 10.8 Å². The summed E-state index contributed by atoms with van der Waals surface area (Å²) in [5.41, 5.74) is 2.80.